The molecule has 1 fully saturated rings. The molecule has 0 unspecified atom stereocenters. The molecule has 0 spiro atoms. The summed E-state index contributed by atoms with van der Waals surface area (Å²) in [6.45, 7) is 8.05. The minimum Gasteiger partial charge on any atom is -0.369 e. The highest BCUT2D eigenvalue weighted by Gasteiger charge is 2.21. The molecule has 1 aliphatic heterocycles. The first kappa shape index (κ1) is 20.3. The third kappa shape index (κ3) is 4.88. The summed E-state index contributed by atoms with van der Waals surface area (Å²) in [5.74, 6) is -0.115. The average molecular weight is 427 g/mol. The molecule has 0 saturated carbocycles. The maximum atomic E-state index is 12.4. The van der Waals surface area contributed by atoms with Gasteiger partial charge in [-0.2, -0.15) is 0 Å². The minimum atomic E-state index is -0.115. The van der Waals surface area contributed by atoms with Crippen LogP contribution in [0.5, 0.6) is 0 Å². The van der Waals surface area contributed by atoms with Gasteiger partial charge >= 0.3 is 0 Å². The van der Waals surface area contributed by atoms with Gasteiger partial charge in [-0.25, -0.2) is 0 Å². The van der Waals surface area contributed by atoms with E-state index in [4.69, 9.17) is 34.8 Å². The number of carbonyl (C=O) groups is 1. The highest BCUT2D eigenvalue weighted by atomic mass is 35.5. The summed E-state index contributed by atoms with van der Waals surface area (Å²) in [5, 5.41) is 3.91. The van der Waals surface area contributed by atoms with E-state index in [1.54, 1.807) is 6.07 Å². The molecule has 1 amide bonds. The van der Waals surface area contributed by atoms with Crippen molar-refractivity contribution in [2.45, 2.75) is 13.8 Å². The number of nitrogens with one attached hydrogen (secondary N) is 1. The molecule has 2 aromatic carbocycles. The first-order chi connectivity index (χ1) is 12.8. The van der Waals surface area contributed by atoms with Crippen LogP contribution in [0.2, 0.25) is 15.1 Å². The molecular weight excluding hydrogens is 405 g/mol. The van der Waals surface area contributed by atoms with Gasteiger partial charge in [-0.15, -0.1) is 0 Å². The number of halogens is 3. The molecule has 0 aliphatic carbocycles. The Morgan fingerprint density at radius 3 is 2.37 bits per heavy atom. The molecule has 2 aromatic rings. The van der Waals surface area contributed by atoms with Crippen LogP contribution >= 0.6 is 34.8 Å². The van der Waals surface area contributed by atoms with Gasteiger partial charge in [0.1, 0.15) is 0 Å². The zero-order valence-corrected chi connectivity index (χ0v) is 17.6. The van der Waals surface area contributed by atoms with Gasteiger partial charge in [0.05, 0.1) is 27.3 Å². The van der Waals surface area contributed by atoms with Crippen LogP contribution in [-0.2, 0) is 4.79 Å². The summed E-state index contributed by atoms with van der Waals surface area (Å²) >= 11 is 18.0. The van der Waals surface area contributed by atoms with Crippen molar-refractivity contribution in [1.82, 2.24) is 4.90 Å². The second kappa shape index (κ2) is 8.70. The fourth-order valence-electron chi connectivity index (χ4n) is 3.24. The van der Waals surface area contributed by atoms with Crippen LogP contribution in [-0.4, -0.2) is 43.5 Å². The van der Waals surface area contributed by atoms with E-state index in [2.05, 4.69) is 47.2 Å². The summed E-state index contributed by atoms with van der Waals surface area (Å²) in [6, 6.07) is 9.50. The van der Waals surface area contributed by atoms with Gasteiger partial charge in [0.25, 0.3) is 0 Å². The van der Waals surface area contributed by atoms with Crippen LogP contribution in [0.15, 0.2) is 30.3 Å². The number of nitrogens with zero attached hydrogens (tertiary/aromatic N) is 2. The number of hydrogen-bond donors (Lipinski definition) is 1. The van der Waals surface area contributed by atoms with Crippen LogP contribution in [0.4, 0.5) is 11.4 Å². The average Bonchev–Trinajstić information content (AvgIpc) is 2.63. The van der Waals surface area contributed by atoms with Crippen LogP contribution in [0, 0.1) is 13.8 Å². The predicted octanol–water partition coefficient (Wildman–Crippen LogP) is 5.02. The maximum Gasteiger partial charge on any atom is 0.238 e. The molecule has 7 heteroatoms. The van der Waals surface area contributed by atoms with Gasteiger partial charge < -0.3 is 10.2 Å². The number of anilines is 2. The fourth-order valence-corrected chi connectivity index (χ4v) is 3.83. The molecule has 1 saturated heterocycles. The third-order valence-corrected chi connectivity index (χ3v) is 5.98. The topological polar surface area (TPSA) is 35.6 Å². The standard InChI is InChI=1S/C20H22Cl3N3O/c1-13-4-3-5-19(14(13)2)26-8-6-25(7-9-26)12-20(27)24-18-11-16(22)15(21)10-17(18)23/h3-5,10-11H,6-9,12H2,1-2H3,(H,24,27). The van der Waals surface area contributed by atoms with E-state index < -0.39 is 0 Å². The van der Waals surface area contributed by atoms with Crippen molar-refractivity contribution >= 4 is 52.1 Å². The molecule has 1 heterocycles. The Kier molecular flexibility index (Phi) is 6.53. The molecule has 27 heavy (non-hydrogen) atoms. The Hall–Kier alpha value is -1.46. The zero-order chi connectivity index (χ0) is 19.6. The van der Waals surface area contributed by atoms with Gasteiger partial charge in [0.15, 0.2) is 0 Å². The van der Waals surface area contributed by atoms with Crippen molar-refractivity contribution in [2.24, 2.45) is 0 Å². The van der Waals surface area contributed by atoms with Crippen molar-refractivity contribution in [2.75, 3.05) is 42.9 Å². The highest BCUT2D eigenvalue weighted by Crippen LogP contribution is 2.32. The summed E-state index contributed by atoms with van der Waals surface area (Å²) in [5.41, 5.74) is 4.37. The molecule has 4 nitrogen and oxygen atoms in total. The first-order valence-electron chi connectivity index (χ1n) is 8.83. The lowest BCUT2D eigenvalue weighted by molar-refractivity contribution is -0.117. The number of aryl methyl sites for hydroxylation is 1. The van der Waals surface area contributed by atoms with Crippen molar-refractivity contribution in [3.8, 4) is 0 Å². The summed E-state index contributed by atoms with van der Waals surface area (Å²) in [6.07, 6.45) is 0. The first-order valence-corrected chi connectivity index (χ1v) is 9.96. The van der Waals surface area contributed by atoms with Crippen molar-refractivity contribution in [1.29, 1.82) is 0 Å². The number of carbonyl (C=O) groups excluding carboxylic acids is 1. The van der Waals surface area contributed by atoms with Crippen LogP contribution in [0.25, 0.3) is 0 Å². The summed E-state index contributed by atoms with van der Waals surface area (Å²) < 4.78 is 0. The summed E-state index contributed by atoms with van der Waals surface area (Å²) in [7, 11) is 0. The van der Waals surface area contributed by atoms with Crippen molar-refractivity contribution in [3.63, 3.8) is 0 Å². The Bertz CT molecular complexity index is 849. The lowest BCUT2D eigenvalue weighted by Gasteiger charge is -2.36. The molecule has 0 radical (unpaired) electrons. The molecule has 1 N–H and O–H groups in total. The monoisotopic (exact) mass is 425 g/mol. The highest BCUT2D eigenvalue weighted by molar-refractivity contribution is 6.44. The number of benzene rings is 2. The number of amides is 1. The van der Waals surface area contributed by atoms with Gasteiger partial charge in [0.2, 0.25) is 5.91 Å². The second-order valence-corrected chi connectivity index (χ2v) is 8.00. The zero-order valence-electron chi connectivity index (χ0n) is 15.4. The Labute approximate surface area is 175 Å². The van der Waals surface area contributed by atoms with Crippen LogP contribution < -0.4 is 10.2 Å². The van der Waals surface area contributed by atoms with E-state index in [0.717, 1.165) is 26.2 Å². The second-order valence-electron chi connectivity index (χ2n) is 6.78. The lowest BCUT2D eigenvalue weighted by atomic mass is 10.1. The van der Waals surface area contributed by atoms with E-state index in [1.807, 2.05) is 0 Å². The van der Waals surface area contributed by atoms with Gasteiger partial charge in [-0.3, -0.25) is 9.69 Å². The Morgan fingerprint density at radius 2 is 1.67 bits per heavy atom. The molecular formula is C20H22Cl3N3O. The molecule has 0 atom stereocenters. The van der Waals surface area contributed by atoms with Crippen LogP contribution in [0.1, 0.15) is 11.1 Å². The number of rotatable bonds is 4. The maximum absolute atomic E-state index is 12.4. The smallest absolute Gasteiger partial charge is 0.238 e. The Morgan fingerprint density at radius 1 is 1.00 bits per heavy atom. The minimum absolute atomic E-state index is 0.115. The summed E-state index contributed by atoms with van der Waals surface area (Å²) in [4.78, 5) is 16.9. The van der Waals surface area contributed by atoms with E-state index in [1.165, 1.54) is 22.9 Å². The predicted molar refractivity (Wildman–Crippen MR) is 115 cm³/mol. The van der Waals surface area contributed by atoms with Gasteiger partial charge in [-0.1, -0.05) is 46.9 Å². The van der Waals surface area contributed by atoms with Crippen molar-refractivity contribution < 1.29 is 4.79 Å². The number of piperazine rings is 1. The van der Waals surface area contributed by atoms with E-state index >= 15 is 0 Å². The van der Waals surface area contributed by atoms with E-state index in [-0.39, 0.29) is 5.91 Å². The molecule has 3 rings (SSSR count). The lowest BCUT2D eigenvalue weighted by Crippen LogP contribution is -2.48. The van der Waals surface area contributed by atoms with Gasteiger partial charge in [-0.05, 0) is 43.2 Å². The SMILES string of the molecule is Cc1cccc(N2CCN(CC(=O)Nc3cc(Cl)c(Cl)cc3Cl)CC2)c1C. The molecule has 144 valence electrons. The number of hydrogen-bond acceptors (Lipinski definition) is 3. The third-order valence-electron chi connectivity index (χ3n) is 4.94. The fraction of sp³-hybridized carbons (Fsp3) is 0.350. The molecule has 1 aliphatic rings. The van der Waals surface area contributed by atoms with Crippen molar-refractivity contribution in [3.05, 3.63) is 56.5 Å². The largest absolute Gasteiger partial charge is 0.369 e. The Balaban J connectivity index is 1.55. The quantitative estimate of drug-likeness (QED) is 0.697. The van der Waals surface area contributed by atoms with E-state index in [0.29, 0.717) is 27.3 Å². The molecule has 0 bridgehead atoms. The van der Waals surface area contributed by atoms with Crippen LogP contribution in [0.3, 0.4) is 0 Å². The van der Waals surface area contributed by atoms with E-state index in [9.17, 15) is 4.79 Å². The molecule has 0 aromatic heterocycles. The van der Waals surface area contributed by atoms with Gasteiger partial charge in [0, 0.05) is 31.9 Å². The normalized spacial score (nSPS) is 15.1.